The Bertz CT molecular complexity index is 422. The molecule has 0 fully saturated rings. The Labute approximate surface area is 88.7 Å². The van der Waals surface area contributed by atoms with Gasteiger partial charge in [-0.15, -0.1) is 0 Å². The molecular weight excluding hydrogens is 190 g/mol. The SMILES string of the molecule is CCc1ncn(C(N)CC)c2ncnc1-2. The second-order valence-electron chi connectivity index (χ2n) is 3.47. The molecule has 2 rings (SSSR count). The summed E-state index contributed by atoms with van der Waals surface area (Å²) in [6, 6.07) is 0. The van der Waals surface area contributed by atoms with Crippen LogP contribution in [-0.4, -0.2) is 19.5 Å². The van der Waals surface area contributed by atoms with Crippen molar-refractivity contribution in [2.75, 3.05) is 0 Å². The Morgan fingerprint density at radius 1 is 1.33 bits per heavy atom. The van der Waals surface area contributed by atoms with E-state index in [9.17, 15) is 0 Å². The monoisotopic (exact) mass is 205 g/mol. The Balaban J connectivity index is 2.55. The molecule has 80 valence electrons. The van der Waals surface area contributed by atoms with Crippen LogP contribution in [0.4, 0.5) is 0 Å². The van der Waals surface area contributed by atoms with E-state index in [-0.39, 0.29) is 6.17 Å². The van der Waals surface area contributed by atoms with Crippen molar-refractivity contribution in [3.8, 4) is 11.5 Å². The Morgan fingerprint density at radius 2 is 2.13 bits per heavy atom. The third-order valence-electron chi connectivity index (χ3n) is 2.55. The number of nitrogens with two attached hydrogens (primary N) is 1. The number of rotatable bonds is 3. The fourth-order valence-corrected chi connectivity index (χ4v) is 1.60. The standard InChI is InChI=1S/C10H15N5/c1-3-7-9-10(13-5-12-9)15(6-14-7)8(11)4-2/h5-6,8H,3-4,11H2,1-2H3. The van der Waals surface area contributed by atoms with Gasteiger partial charge in [-0.2, -0.15) is 0 Å². The quantitative estimate of drug-likeness (QED) is 0.817. The van der Waals surface area contributed by atoms with Crippen LogP contribution in [0.3, 0.4) is 0 Å². The number of hydrogen-bond acceptors (Lipinski definition) is 4. The molecule has 0 spiro atoms. The molecule has 5 nitrogen and oxygen atoms in total. The van der Waals surface area contributed by atoms with Gasteiger partial charge in [0.05, 0.1) is 18.2 Å². The van der Waals surface area contributed by atoms with Gasteiger partial charge in [0.2, 0.25) is 0 Å². The number of aromatic nitrogens is 4. The smallest absolute Gasteiger partial charge is 0.164 e. The summed E-state index contributed by atoms with van der Waals surface area (Å²) in [5, 5.41) is 0. The number of fused-ring (bicyclic) bond motifs is 1. The van der Waals surface area contributed by atoms with Crippen molar-refractivity contribution >= 4 is 0 Å². The van der Waals surface area contributed by atoms with Gasteiger partial charge < -0.3 is 5.73 Å². The van der Waals surface area contributed by atoms with E-state index in [0.717, 1.165) is 30.1 Å². The fourth-order valence-electron chi connectivity index (χ4n) is 1.60. The van der Waals surface area contributed by atoms with Gasteiger partial charge in [-0.25, -0.2) is 15.0 Å². The van der Waals surface area contributed by atoms with Crippen LogP contribution >= 0.6 is 0 Å². The molecule has 0 radical (unpaired) electrons. The van der Waals surface area contributed by atoms with Gasteiger partial charge in [0, 0.05) is 0 Å². The predicted molar refractivity (Wildman–Crippen MR) is 57.3 cm³/mol. The van der Waals surface area contributed by atoms with Crippen LogP contribution in [0.1, 0.15) is 32.1 Å². The van der Waals surface area contributed by atoms with Crippen molar-refractivity contribution in [2.24, 2.45) is 5.73 Å². The first-order chi connectivity index (χ1) is 7.27. The lowest BCUT2D eigenvalue weighted by atomic mass is 10.2. The Kier molecular flexibility index (Phi) is 2.64. The Hall–Kier alpha value is -1.49. The van der Waals surface area contributed by atoms with Crippen LogP contribution in [0.5, 0.6) is 0 Å². The number of nitrogens with zero attached hydrogens (tertiary/aromatic N) is 4. The molecule has 15 heavy (non-hydrogen) atoms. The zero-order valence-corrected chi connectivity index (χ0v) is 9.01. The summed E-state index contributed by atoms with van der Waals surface area (Å²) in [5.41, 5.74) is 7.81. The van der Waals surface area contributed by atoms with E-state index in [2.05, 4.69) is 21.9 Å². The first-order valence-electron chi connectivity index (χ1n) is 5.19. The maximum absolute atomic E-state index is 5.97. The molecule has 0 aromatic carbocycles. The summed E-state index contributed by atoms with van der Waals surface area (Å²) < 4.78 is 1.88. The van der Waals surface area contributed by atoms with Crippen molar-refractivity contribution in [3.05, 3.63) is 18.3 Å². The van der Waals surface area contributed by atoms with Crippen molar-refractivity contribution in [1.82, 2.24) is 19.5 Å². The number of imidazole rings is 1. The third kappa shape index (κ3) is 1.59. The molecule has 2 heterocycles. The van der Waals surface area contributed by atoms with Crippen molar-refractivity contribution < 1.29 is 0 Å². The lowest BCUT2D eigenvalue weighted by Gasteiger charge is -2.17. The molecule has 2 aliphatic rings. The average Bonchev–Trinajstić information content (AvgIpc) is 2.75. The third-order valence-corrected chi connectivity index (χ3v) is 2.55. The second kappa shape index (κ2) is 3.94. The summed E-state index contributed by atoms with van der Waals surface area (Å²) in [6.45, 7) is 4.09. The van der Waals surface area contributed by atoms with Crippen LogP contribution in [0, 0.1) is 0 Å². The number of aryl methyl sites for hydroxylation is 1. The molecule has 1 atom stereocenters. The first-order valence-corrected chi connectivity index (χ1v) is 5.19. The van der Waals surface area contributed by atoms with E-state index in [0.29, 0.717) is 0 Å². The highest BCUT2D eigenvalue weighted by molar-refractivity contribution is 5.54. The maximum atomic E-state index is 5.97. The van der Waals surface area contributed by atoms with Gasteiger partial charge in [0.15, 0.2) is 5.82 Å². The van der Waals surface area contributed by atoms with Crippen LogP contribution in [0.2, 0.25) is 0 Å². The summed E-state index contributed by atoms with van der Waals surface area (Å²) in [7, 11) is 0. The van der Waals surface area contributed by atoms with Crippen LogP contribution in [0.25, 0.3) is 11.5 Å². The van der Waals surface area contributed by atoms with E-state index in [1.807, 2.05) is 11.5 Å². The minimum atomic E-state index is -0.0809. The summed E-state index contributed by atoms with van der Waals surface area (Å²) in [6.07, 6.45) is 4.94. The molecule has 2 N–H and O–H groups in total. The van der Waals surface area contributed by atoms with Gasteiger partial charge in [-0.3, -0.25) is 4.57 Å². The van der Waals surface area contributed by atoms with Crippen molar-refractivity contribution in [1.29, 1.82) is 0 Å². The highest BCUT2D eigenvalue weighted by atomic mass is 15.2. The average molecular weight is 205 g/mol. The van der Waals surface area contributed by atoms with Gasteiger partial charge in [0.1, 0.15) is 12.0 Å². The lowest BCUT2D eigenvalue weighted by molar-refractivity contribution is 0.495. The van der Waals surface area contributed by atoms with Crippen LogP contribution in [0.15, 0.2) is 12.7 Å². The second-order valence-corrected chi connectivity index (χ2v) is 3.47. The van der Waals surface area contributed by atoms with E-state index in [4.69, 9.17) is 5.73 Å². The molecule has 0 bridgehead atoms. The van der Waals surface area contributed by atoms with Gasteiger partial charge >= 0.3 is 0 Å². The molecule has 0 aromatic rings. The van der Waals surface area contributed by atoms with E-state index in [1.165, 1.54) is 0 Å². The molecule has 0 aliphatic carbocycles. The van der Waals surface area contributed by atoms with Gasteiger partial charge in [-0.05, 0) is 12.8 Å². The molecule has 2 aliphatic heterocycles. The zero-order valence-electron chi connectivity index (χ0n) is 9.01. The zero-order chi connectivity index (χ0) is 10.8. The topological polar surface area (TPSA) is 69.6 Å². The molecule has 1 unspecified atom stereocenters. The highest BCUT2D eigenvalue weighted by Crippen LogP contribution is 2.22. The highest BCUT2D eigenvalue weighted by Gasteiger charge is 2.17. The van der Waals surface area contributed by atoms with E-state index < -0.39 is 0 Å². The predicted octanol–water partition coefficient (Wildman–Crippen LogP) is 1.21. The van der Waals surface area contributed by atoms with Crippen LogP contribution < -0.4 is 5.73 Å². The van der Waals surface area contributed by atoms with Gasteiger partial charge in [0.25, 0.3) is 0 Å². The maximum Gasteiger partial charge on any atom is 0.164 e. The van der Waals surface area contributed by atoms with Crippen molar-refractivity contribution in [2.45, 2.75) is 32.9 Å². The largest absolute Gasteiger partial charge is 0.311 e. The molecule has 5 heteroatoms. The summed E-state index contributed by atoms with van der Waals surface area (Å²) >= 11 is 0. The minimum Gasteiger partial charge on any atom is -0.311 e. The lowest BCUT2D eigenvalue weighted by Crippen LogP contribution is -2.21. The van der Waals surface area contributed by atoms with E-state index in [1.54, 1.807) is 12.7 Å². The number of hydrogen-bond donors (Lipinski definition) is 1. The van der Waals surface area contributed by atoms with Crippen molar-refractivity contribution in [3.63, 3.8) is 0 Å². The van der Waals surface area contributed by atoms with Crippen LogP contribution in [-0.2, 0) is 6.42 Å². The van der Waals surface area contributed by atoms with E-state index >= 15 is 0 Å². The first kappa shape index (κ1) is 10.0. The molecular formula is C10H15N5. The summed E-state index contributed by atoms with van der Waals surface area (Å²) in [4.78, 5) is 12.8. The summed E-state index contributed by atoms with van der Waals surface area (Å²) in [5.74, 6) is 0.830. The molecule has 0 saturated carbocycles. The minimum absolute atomic E-state index is 0.0809. The fraction of sp³-hybridized carbons (Fsp3) is 0.500. The van der Waals surface area contributed by atoms with Gasteiger partial charge in [-0.1, -0.05) is 13.8 Å². The molecule has 0 amide bonds. The molecule has 0 saturated heterocycles. The normalized spacial score (nSPS) is 13.3. The molecule has 0 aromatic heterocycles. The Morgan fingerprint density at radius 3 is 2.80 bits per heavy atom.